The van der Waals surface area contributed by atoms with Crippen LogP contribution in [0.25, 0.3) is 0 Å². The molecule has 33 heavy (non-hydrogen) atoms. The topological polar surface area (TPSA) is 29.5 Å². The maximum absolute atomic E-state index is 11.0. The molecule has 1 aromatic carbocycles. The maximum Gasteiger partial charge on any atom is 0.123 e. The minimum absolute atomic E-state index is 0.0624. The summed E-state index contributed by atoms with van der Waals surface area (Å²) >= 11 is 0. The molecule has 2 aliphatic carbocycles. The molecule has 2 saturated carbocycles. The normalized spacial score (nSPS) is 26.4. The summed E-state index contributed by atoms with van der Waals surface area (Å²) in [5.74, 6) is 1.21. The molecule has 0 spiro atoms. The Morgan fingerprint density at radius 1 is 0.788 bits per heavy atom. The van der Waals surface area contributed by atoms with Crippen LogP contribution in [0.2, 0.25) is 0 Å². The van der Waals surface area contributed by atoms with Gasteiger partial charge in [0.2, 0.25) is 0 Å². The Morgan fingerprint density at radius 2 is 1.24 bits per heavy atom. The Morgan fingerprint density at radius 3 is 1.67 bits per heavy atom. The first kappa shape index (κ1) is 26.6. The number of ether oxygens (including phenoxy) is 1. The zero-order chi connectivity index (χ0) is 24.8. The molecule has 1 aromatic rings. The van der Waals surface area contributed by atoms with Gasteiger partial charge in [-0.15, -0.1) is 0 Å². The SMILES string of the molecule is CC1(C)CC(OC2CCC(Cc3cc(C(C)(C)C)c(O)c(C(C)(C)C)c3)CC2)CC(C)(C)C1. The van der Waals surface area contributed by atoms with Crippen LogP contribution in [-0.4, -0.2) is 17.3 Å². The summed E-state index contributed by atoms with van der Waals surface area (Å²) < 4.78 is 6.71. The second-order valence-electron chi connectivity index (χ2n) is 15.1. The van der Waals surface area contributed by atoms with Crippen LogP contribution in [0.1, 0.15) is 131 Å². The van der Waals surface area contributed by atoms with Crippen molar-refractivity contribution >= 4 is 0 Å². The maximum atomic E-state index is 11.0. The molecule has 0 aliphatic heterocycles. The average molecular weight is 457 g/mol. The van der Waals surface area contributed by atoms with Crippen molar-refractivity contribution in [2.75, 3.05) is 0 Å². The van der Waals surface area contributed by atoms with Gasteiger partial charge in [-0.05, 0) is 95.6 Å². The van der Waals surface area contributed by atoms with E-state index >= 15 is 0 Å². The van der Waals surface area contributed by atoms with Crippen molar-refractivity contribution in [1.29, 1.82) is 0 Å². The number of hydrogen-bond donors (Lipinski definition) is 1. The smallest absolute Gasteiger partial charge is 0.123 e. The highest BCUT2D eigenvalue weighted by molar-refractivity contribution is 5.50. The van der Waals surface area contributed by atoms with Gasteiger partial charge in [-0.1, -0.05) is 81.4 Å². The molecular formula is C31H52O2. The highest BCUT2D eigenvalue weighted by Gasteiger charge is 2.40. The highest BCUT2D eigenvalue weighted by Crippen LogP contribution is 2.47. The molecular weight excluding hydrogens is 404 g/mol. The lowest BCUT2D eigenvalue weighted by Gasteiger charge is -2.46. The standard InChI is InChI=1S/C31H52O2/c1-28(2,3)25-16-22(17-26(27(25)32)29(4,5)6)15-21-11-13-23(14-12-21)33-24-18-30(7,8)20-31(9,10)19-24/h16-17,21,23-24,32H,11-15,18-20H2,1-10H3. The number of rotatable bonds is 4. The molecule has 0 aromatic heterocycles. The summed E-state index contributed by atoms with van der Waals surface area (Å²) in [6.45, 7) is 22.9. The van der Waals surface area contributed by atoms with Gasteiger partial charge in [-0.2, -0.15) is 0 Å². The predicted octanol–water partition coefficient (Wildman–Crippen LogP) is 8.71. The number of phenolic OH excluding ortho intramolecular Hbond substituents is 1. The first-order valence-corrected chi connectivity index (χ1v) is 13.5. The lowest BCUT2D eigenvalue weighted by molar-refractivity contribution is -0.0965. The first-order valence-electron chi connectivity index (χ1n) is 13.5. The summed E-state index contributed by atoms with van der Waals surface area (Å²) in [6, 6.07) is 4.55. The second-order valence-corrected chi connectivity index (χ2v) is 15.1. The third kappa shape index (κ3) is 7.00. The molecule has 0 bridgehead atoms. The van der Waals surface area contributed by atoms with E-state index in [0.29, 0.717) is 34.7 Å². The number of hydrogen-bond acceptors (Lipinski definition) is 2. The van der Waals surface area contributed by atoms with E-state index in [0.717, 1.165) is 17.5 Å². The average Bonchev–Trinajstić information content (AvgIpc) is 2.60. The van der Waals surface area contributed by atoms with Gasteiger partial charge in [-0.25, -0.2) is 0 Å². The zero-order valence-electron chi connectivity index (χ0n) is 23.4. The predicted molar refractivity (Wildman–Crippen MR) is 141 cm³/mol. The van der Waals surface area contributed by atoms with E-state index in [1.807, 2.05) is 0 Å². The van der Waals surface area contributed by atoms with Crippen LogP contribution in [0.15, 0.2) is 12.1 Å². The van der Waals surface area contributed by atoms with Gasteiger partial charge >= 0.3 is 0 Å². The molecule has 0 saturated heterocycles. The van der Waals surface area contributed by atoms with Gasteiger partial charge in [0.25, 0.3) is 0 Å². The molecule has 1 N–H and O–H groups in total. The molecule has 0 radical (unpaired) electrons. The first-order chi connectivity index (χ1) is 15.0. The quantitative estimate of drug-likeness (QED) is 0.491. The van der Waals surface area contributed by atoms with E-state index in [9.17, 15) is 5.11 Å². The Balaban J connectivity index is 1.64. The molecule has 2 aliphatic rings. The van der Waals surface area contributed by atoms with Crippen LogP contribution in [-0.2, 0) is 22.0 Å². The molecule has 2 heteroatoms. The van der Waals surface area contributed by atoms with Crippen LogP contribution in [0, 0.1) is 16.7 Å². The fourth-order valence-electron chi connectivity index (χ4n) is 6.87. The van der Waals surface area contributed by atoms with Crippen molar-refractivity contribution in [3.63, 3.8) is 0 Å². The molecule has 188 valence electrons. The van der Waals surface area contributed by atoms with E-state index < -0.39 is 0 Å². The molecule has 0 atom stereocenters. The van der Waals surface area contributed by atoms with Crippen LogP contribution < -0.4 is 0 Å². The molecule has 0 heterocycles. The Labute approximate surface area is 204 Å². The van der Waals surface area contributed by atoms with Crippen molar-refractivity contribution in [2.45, 2.75) is 144 Å². The van der Waals surface area contributed by atoms with Crippen LogP contribution >= 0.6 is 0 Å². The molecule has 2 nitrogen and oxygen atoms in total. The summed E-state index contributed by atoms with van der Waals surface area (Å²) in [5, 5.41) is 11.0. The van der Waals surface area contributed by atoms with E-state index in [1.165, 1.54) is 50.5 Å². The molecule has 0 unspecified atom stereocenters. The molecule has 0 amide bonds. The van der Waals surface area contributed by atoms with Gasteiger partial charge in [0.1, 0.15) is 5.75 Å². The van der Waals surface area contributed by atoms with Gasteiger partial charge in [0.15, 0.2) is 0 Å². The summed E-state index contributed by atoms with van der Waals surface area (Å²) in [7, 11) is 0. The summed E-state index contributed by atoms with van der Waals surface area (Å²) in [4.78, 5) is 0. The van der Waals surface area contributed by atoms with E-state index in [2.05, 4.69) is 81.4 Å². The largest absolute Gasteiger partial charge is 0.507 e. The van der Waals surface area contributed by atoms with Crippen LogP contribution in [0.3, 0.4) is 0 Å². The van der Waals surface area contributed by atoms with Crippen molar-refractivity contribution in [1.82, 2.24) is 0 Å². The Hall–Kier alpha value is -1.02. The van der Waals surface area contributed by atoms with Gasteiger partial charge in [-0.3, -0.25) is 0 Å². The zero-order valence-corrected chi connectivity index (χ0v) is 23.4. The van der Waals surface area contributed by atoms with E-state index in [1.54, 1.807) is 0 Å². The summed E-state index contributed by atoms with van der Waals surface area (Å²) in [5.41, 5.74) is 4.22. The van der Waals surface area contributed by atoms with Crippen molar-refractivity contribution in [3.8, 4) is 5.75 Å². The number of phenols is 1. The molecule has 2 fully saturated rings. The third-order valence-electron chi connectivity index (χ3n) is 8.01. The fourth-order valence-corrected chi connectivity index (χ4v) is 6.87. The minimum atomic E-state index is -0.0624. The van der Waals surface area contributed by atoms with Gasteiger partial charge in [0.05, 0.1) is 12.2 Å². The fraction of sp³-hybridized carbons (Fsp3) is 0.806. The van der Waals surface area contributed by atoms with Gasteiger partial charge in [0, 0.05) is 0 Å². The third-order valence-corrected chi connectivity index (χ3v) is 8.01. The van der Waals surface area contributed by atoms with Crippen molar-refractivity contribution in [3.05, 3.63) is 28.8 Å². The van der Waals surface area contributed by atoms with Gasteiger partial charge < -0.3 is 9.84 Å². The minimum Gasteiger partial charge on any atom is -0.507 e. The Kier molecular flexibility index (Phi) is 7.42. The van der Waals surface area contributed by atoms with E-state index in [-0.39, 0.29) is 10.8 Å². The monoisotopic (exact) mass is 456 g/mol. The highest BCUT2D eigenvalue weighted by atomic mass is 16.5. The second kappa shape index (κ2) is 9.21. The number of aromatic hydroxyl groups is 1. The van der Waals surface area contributed by atoms with Crippen molar-refractivity contribution < 1.29 is 9.84 Å². The van der Waals surface area contributed by atoms with Crippen molar-refractivity contribution in [2.24, 2.45) is 16.7 Å². The summed E-state index contributed by atoms with van der Waals surface area (Å²) in [6.07, 6.45) is 10.6. The van der Waals surface area contributed by atoms with Crippen LogP contribution in [0.4, 0.5) is 0 Å². The lowest BCUT2D eigenvalue weighted by Crippen LogP contribution is -2.40. The number of benzene rings is 1. The molecule has 3 rings (SSSR count). The van der Waals surface area contributed by atoms with Crippen LogP contribution in [0.5, 0.6) is 5.75 Å². The van der Waals surface area contributed by atoms with E-state index in [4.69, 9.17) is 4.74 Å². The lowest BCUT2D eigenvalue weighted by atomic mass is 9.64. The Bertz CT molecular complexity index is 759.